The molecule has 0 spiro atoms. The number of nitrogens with one attached hydrogen (secondary N) is 1. The van der Waals surface area contributed by atoms with Gasteiger partial charge in [-0.15, -0.1) is 11.3 Å². The molecule has 1 aromatic heterocycles. The number of halogens is 1. The molecule has 0 fully saturated rings. The summed E-state index contributed by atoms with van der Waals surface area (Å²) in [5.41, 5.74) is 2.16. The molecule has 1 aromatic carbocycles. The number of hydrogen-bond acceptors (Lipinski definition) is 4. The molecule has 0 aliphatic rings. The van der Waals surface area contributed by atoms with Gasteiger partial charge in [0.1, 0.15) is 5.02 Å². The Morgan fingerprint density at radius 2 is 2.15 bits per heavy atom. The van der Waals surface area contributed by atoms with Crippen molar-refractivity contribution >= 4 is 28.6 Å². The molecule has 0 unspecified atom stereocenters. The van der Waals surface area contributed by atoms with E-state index in [1.165, 1.54) is 16.5 Å². The molecule has 0 atom stereocenters. The van der Waals surface area contributed by atoms with Gasteiger partial charge in [-0.2, -0.15) is 0 Å². The second kappa shape index (κ2) is 6.83. The minimum absolute atomic E-state index is 0.0451. The van der Waals surface area contributed by atoms with Crippen LogP contribution in [-0.2, 0) is 19.5 Å². The molecule has 0 aliphatic carbocycles. The Balaban J connectivity index is 1.98. The van der Waals surface area contributed by atoms with Crippen LogP contribution in [0.3, 0.4) is 0 Å². The summed E-state index contributed by atoms with van der Waals surface area (Å²) < 4.78 is 0. The Morgan fingerprint density at radius 3 is 2.85 bits per heavy atom. The topological polar surface area (TPSA) is 55.2 Å². The van der Waals surface area contributed by atoms with Crippen molar-refractivity contribution in [1.29, 1.82) is 0 Å². The largest absolute Gasteiger partial charge is 0.308 e. The van der Waals surface area contributed by atoms with E-state index < -0.39 is 4.92 Å². The second-order valence-electron chi connectivity index (χ2n) is 4.37. The summed E-state index contributed by atoms with van der Waals surface area (Å²) in [5.74, 6) is 0. The first-order valence-corrected chi connectivity index (χ1v) is 7.56. The molecule has 0 amide bonds. The van der Waals surface area contributed by atoms with Gasteiger partial charge in [0.2, 0.25) is 0 Å². The predicted molar refractivity (Wildman–Crippen MR) is 82.3 cm³/mol. The lowest BCUT2D eigenvalue weighted by Crippen LogP contribution is -2.12. The highest BCUT2D eigenvalue weighted by molar-refractivity contribution is 7.10. The van der Waals surface area contributed by atoms with Crippen molar-refractivity contribution in [2.24, 2.45) is 0 Å². The Morgan fingerprint density at radius 1 is 1.35 bits per heavy atom. The highest BCUT2D eigenvalue weighted by Gasteiger charge is 2.12. The molecule has 0 saturated heterocycles. The summed E-state index contributed by atoms with van der Waals surface area (Å²) in [6.07, 6.45) is 1.02. The van der Waals surface area contributed by atoms with Gasteiger partial charge < -0.3 is 5.32 Å². The summed E-state index contributed by atoms with van der Waals surface area (Å²) in [6, 6.07) is 7.02. The van der Waals surface area contributed by atoms with Crippen LogP contribution in [0.1, 0.15) is 22.9 Å². The molecule has 106 valence electrons. The number of nitro benzene ring substituents is 1. The van der Waals surface area contributed by atoms with Crippen LogP contribution in [0.5, 0.6) is 0 Å². The molecular weight excluding hydrogens is 296 g/mol. The number of hydrogen-bond donors (Lipinski definition) is 1. The maximum atomic E-state index is 10.8. The van der Waals surface area contributed by atoms with Gasteiger partial charge in [0.05, 0.1) is 4.92 Å². The zero-order chi connectivity index (χ0) is 14.5. The van der Waals surface area contributed by atoms with E-state index in [1.807, 2.05) is 0 Å². The van der Waals surface area contributed by atoms with Crippen LogP contribution < -0.4 is 5.32 Å². The van der Waals surface area contributed by atoms with E-state index in [0.717, 1.165) is 18.5 Å². The van der Waals surface area contributed by atoms with Gasteiger partial charge in [0.25, 0.3) is 5.69 Å². The first-order chi connectivity index (χ1) is 9.61. The molecule has 6 heteroatoms. The fraction of sp³-hybridized carbons (Fsp3) is 0.286. The number of nitrogens with zero attached hydrogens (tertiary/aromatic N) is 1. The predicted octanol–water partition coefficient (Wildman–Crippen LogP) is 4.16. The zero-order valence-corrected chi connectivity index (χ0v) is 12.6. The fourth-order valence-corrected chi connectivity index (χ4v) is 3.10. The lowest BCUT2D eigenvalue weighted by atomic mass is 10.2. The van der Waals surface area contributed by atoms with E-state index in [0.29, 0.717) is 6.54 Å². The quantitative estimate of drug-likeness (QED) is 0.644. The molecule has 20 heavy (non-hydrogen) atoms. The van der Waals surface area contributed by atoms with Gasteiger partial charge >= 0.3 is 0 Å². The van der Waals surface area contributed by atoms with Crippen LogP contribution in [0.4, 0.5) is 5.69 Å². The fourth-order valence-electron chi connectivity index (χ4n) is 1.97. The molecule has 0 aliphatic heterocycles. The van der Waals surface area contributed by atoms with Crippen molar-refractivity contribution < 1.29 is 4.92 Å². The highest BCUT2D eigenvalue weighted by Crippen LogP contribution is 2.25. The van der Waals surface area contributed by atoms with E-state index in [1.54, 1.807) is 23.5 Å². The molecule has 2 aromatic rings. The van der Waals surface area contributed by atoms with E-state index in [-0.39, 0.29) is 10.7 Å². The first-order valence-electron chi connectivity index (χ1n) is 6.30. The lowest BCUT2D eigenvalue weighted by molar-refractivity contribution is -0.384. The van der Waals surface area contributed by atoms with Gasteiger partial charge in [0.15, 0.2) is 0 Å². The van der Waals surface area contributed by atoms with Crippen LogP contribution in [0, 0.1) is 10.1 Å². The summed E-state index contributed by atoms with van der Waals surface area (Å²) >= 11 is 7.51. The van der Waals surface area contributed by atoms with Crippen LogP contribution in [0.2, 0.25) is 5.02 Å². The Labute approximate surface area is 126 Å². The van der Waals surface area contributed by atoms with Crippen molar-refractivity contribution in [3.8, 4) is 0 Å². The van der Waals surface area contributed by atoms with Crippen LogP contribution in [0.25, 0.3) is 0 Å². The zero-order valence-electron chi connectivity index (χ0n) is 11.1. The van der Waals surface area contributed by atoms with E-state index >= 15 is 0 Å². The lowest BCUT2D eigenvalue weighted by Gasteiger charge is -2.06. The SMILES string of the molecule is CCc1ccsc1CNCc1ccc(Cl)c([N+](=O)[O-])c1. The average Bonchev–Trinajstić information content (AvgIpc) is 2.88. The van der Waals surface area contributed by atoms with Gasteiger partial charge in [-0.3, -0.25) is 10.1 Å². The van der Waals surface area contributed by atoms with Gasteiger partial charge in [-0.05, 0) is 35.1 Å². The maximum absolute atomic E-state index is 10.8. The second-order valence-corrected chi connectivity index (χ2v) is 5.78. The molecule has 0 radical (unpaired) electrons. The number of nitro groups is 1. The number of aryl methyl sites for hydroxylation is 1. The van der Waals surface area contributed by atoms with Gasteiger partial charge in [-0.1, -0.05) is 24.6 Å². The third-order valence-electron chi connectivity index (χ3n) is 3.04. The summed E-state index contributed by atoms with van der Waals surface area (Å²) in [6.45, 7) is 3.49. The molecule has 4 nitrogen and oxygen atoms in total. The average molecular weight is 311 g/mol. The molecule has 0 bridgehead atoms. The summed E-state index contributed by atoms with van der Waals surface area (Å²) in [7, 11) is 0. The summed E-state index contributed by atoms with van der Waals surface area (Å²) in [4.78, 5) is 11.7. The van der Waals surface area contributed by atoms with Crippen molar-refractivity contribution in [2.75, 3.05) is 0 Å². The van der Waals surface area contributed by atoms with Crippen molar-refractivity contribution in [2.45, 2.75) is 26.4 Å². The summed E-state index contributed by atoms with van der Waals surface area (Å²) in [5, 5.41) is 16.4. The molecule has 1 N–H and O–H groups in total. The number of rotatable bonds is 6. The van der Waals surface area contributed by atoms with E-state index in [9.17, 15) is 10.1 Å². The van der Waals surface area contributed by atoms with Crippen LogP contribution in [-0.4, -0.2) is 4.92 Å². The third-order valence-corrected chi connectivity index (χ3v) is 4.32. The van der Waals surface area contributed by atoms with Gasteiger partial charge in [0, 0.05) is 24.0 Å². The van der Waals surface area contributed by atoms with Crippen molar-refractivity contribution in [1.82, 2.24) is 5.32 Å². The van der Waals surface area contributed by atoms with Crippen molar-refractivity contribution in [3.05, 3.63) is 60.8 Å². The minimum Gasteiger partial charge on any atom is -0.308 e. The smallest absolute Gasteiger partial charge is 0.288 e. The Hall–Kier alpha value is -1.43. The monoisotopic (exact) mass is 310 g/mol. The Kier molecular flexibility index (Phi) is 5.11. The van der Waals surface area contributed by atoms with E-state index in [2.05, 4.69) is 23.7 Å². The number of benzene rings is 1. The van der Waals surface area contributed by atoms with Crippen LogP contribution >= 0.6 is 22.9 Å². The van der Waals surface area contributed by atoms with Crippen LogP contribution in [0.15, 0.2) is 29.6 Å². The van der Waals surface area contributed by atoms with E-state index in [4.69, 9.17) is 11.6 Å². The highest BCUT2D eigenvalue weighted by atomic mass is 35.5. The number of thiophene rings is 1. The maximum Gasteiger partial charge on any atom is 0.288 e. The minimum atomic E-state index is -0.458. The molecule has 2 rings (SSSR count). The van der Waals surface area contributed by atoms with Crippen molar-refractivity contribution in [3.63, 3.8) is 0 Å². The van der Waals surface area contributed by atoms with Gasteiger partial charge in [-0.25, -0.2) is 0 Å². The first kappa shape index (κ1) is 15.0. The normalized spacial score (nSPS) is 10.7. The Bertz CT molecular complexity index is 613. The third kappa shape index (κ3) is 3.56. The molecule has 1 heterocycles. The molecule has 0 saturated carbocycles. The molecular formula is C14H15ClN2O2S. The standard InChI is InChI=1S/C14H15ClN2O2S/c1-2-11-5-6-20-14(11)9-16-8-10-3-4-12(15)13(7-10)17(18)19/h3-7,16H,2,8-9H2,1H3.